The first kappa shape index (κ1) is 26.8. The van der Waals surface area contributed by atoms with Crippen molar-refractivity contribution in [3.05, 3.63) is 0 Å². The Bertz CT molecular complexity index is 475. The molecule has 0 aliphatic carbocycles. The van der Waals surface area contributed by atoms with Crippen molar-refractivity contribution in [2.24, 2.45) is 27.9 Å². The topological polar surface area (TPSA) is 240 Å². The van der Waals surface area contributed by atoms with Crippen molar-refractivity contribution in [1.29, 1.82) is 0 Å². The van der Waals surface area contributed by atoms with E-state index in [1.54, 1.807) is 0 Å². The second-order valence-corrected chi connectivity index (χ2v) is 5.86. The largest absolute Gasteiger partial charge is 0.480 e. The minimum absolute atomic E-state index is 0.0129. The number of nitrogens with one attached hydrogen (secondary N) is 1. The van der Waals surface area contributed by atoms with Crippen LogP contribution >= 0.6 is 0 Å². The predicted octanol–water partition coefficient (Wildman–Crippen LogP) is -1.92. The van der Waals surface area contributed by atoms with E-state index in [9.17, 15) is 14.4 Å². The minimum atomic E-state index is -1.00. The Kier molecular flexibility index (Phi) is 15.7. The number of nitrogens with two attached hydrogens (primary N) is 4. The van der Waals surface area contributed by atoms with Crippen molar-refractivity contribution in [3.63, 3.8) is 0 Å². The summed E-state index contributed by atoms with van der Waals surface area (Å²) in [5.41, 5.74) is 20.2. The van der Waals surface area contributed by atoms with Gasteiger partial charge in [0.1, 0.15) is 18.1 Å². The highest BCUT2D eigenvalue weighted by molar-refractivity contribution is 5.75. The maximum atomic E-state index is 10.3. The van der Waals surface area contributed by atoms with Crippen molar-refractivity contribution in [1.82, 2.24) is 5.32 Å². The Morgan fingerprint density at radius 3 is 1.96 bits per heavy atom. The lowest BCUT2D eigenvalue weighted by Gasteiger charge is -2.18. The fourth-order valence-electron chi connectivity index (χ4n) is 1.71. The molecule has 0 amide bonds. The number of aliphatic imine (C=N–C) groups is 1. The number of carbonyl (C=O) groups is 3. The third-order valence-corrected chi connectivity index (χ3v) is 3.28. The van der Waals surface area contributed by atoms with E-state index >= 15 is 0 Å². The van der Waals surface area contributed by atoms with Crippen LogP contribution in [0, 0.1) is 0 Å². The van der Waals surface area contributed by atoms with E-state index in [4.69, 9.17) is 38.3 Å². The Morgan fingerprint density at radius 2 is 1.67 bits per heavy atom. The Labute approximate surface area is 158 Å². The van der Waals surface area contributed by atoms with Gasteiger partial charge in [0.05, 0.1) is 0 Å². The quantitative estimate of drug-likeness (QED) is 0.135. The number of rotatable bonds is 7. The zero-order valence-corrected chi connectivity index (χ0v) is 15.5. The highest BCUT2D eigenvalue weighted by Crippen LogP contribution is 2.05. The van der Waals surface area contributed by atoms with Gasteiger partial charge in [-0.1, -0.05) is 6.42 Å². The number of guanidine groups is 1. The van der Waals surface area contributed by atoms with E-state index in [1.165, 1.54) is 6.92 Å². The van der Waals surface area contributed by atoms with Crippen molar-refractivity contribution in [2.45, 2.75) is 57.2 Å². The molecular formula is C15H32N6O6. The maximum Gasteiger partial charge on any atom is 0.320 e. The van der Waals surface area contributed by atoms with Crippen molar-refractivity contribution in [3.8, 4) is 0 Å². The highest BCUT2D eigenvalue weighted by Gasteiger charge is 2.18. The molecule has 0 saturated carbocycles. The summed E-state index contributed by atoms with van der Waals surface area (Å²) in [6.07, 6.45) is 3.90. The van der Waals surface area contributed by atoms with Gasteiger partial charge in [0.2, 0.25) is 0 Å². The van der Waals surface area contributed by atoms with E-state index in [0.29, 0.717) is 19.4 Å². The first-order chi connectivity index (χ1) is 12.5. The molecule has 0 bridgehead atoms. The molecule has 0 radical (unpaired) electrons. The fraction of sp³-hybridized carbons (Fsp3) is 0.733. The van der Waals surface area contributed by atoms with Crippen LogP contribution in [0.4, 0.5) is 0 Å². The average Bonchev–Trinajstić information content (AvgIpc) is 2.60. The monoisotopic (exact) mass is 392 g/mol. The lowest BCUT2D eigenvalue weighted by atomic mass is 10.1. The molecule has 1 saturated heterocycles. The zero-order valence-electron chi connectivity index (χ0n) is 15.5. The Balaban J connectivity index is 0. The molecule has 1 fully saturated rings. The van der Waals surface area contributed by atoms with Crippen LogP contribution in [-0.4, -0.2) is 70.4 Å². The number of hydrogen-bond donors (Lipinski definition) is 8. The predicted molar refractivity (Wildman–Crippen MR) is 100 cm³/mol. The van der Waals surface area contributed by atoms with Crippen LogP contribution in [0.15, 0.2) is 4.99 Å². The van der Waals surface area contributed by atoms with Crippen LogP contribution in [0.5, 0.6) is 0 Å². The number of carboxylic acid groups (broad SMARTS) is 3. The van der Waals surface area contributed by atoms with Gasteiger partial charge in [-0.05, 0) is 39.2 Å². The third kappa shape index (κ3) is 18.2. The van der Waals surface area contributed by atoms with Gasteiger partial charge in [-0.2, -0.15) is 0 Å². The molecule has 0 aromatic rings. The van der Waals surface area contributed by atoms with E-state index < -0.39 is 30.0 Å². The standard InChI is InChI=1S/C6H14N4O2.C6H11NO2.C3H7NO2/c7-4(5(11)12)2-1-3-10-6(8)9;8-6(9)5-3-1-2-4-7-5;1-2(4)3(5)6/h4H,1-3,7H2,(H,11,12)(H4,8,9,10);5,7H,1-4H2,(H,8,9);2H,4H2,1H3,(H,5,6)/t4-;5-;2-/m000/s1. The summed E-state index contributed by atoms with van der Waals surface area (Å²) in [6.45, 7) is 2.70. The number of carboxylic acids is 3. The third-order valence-electron chi connectivity index (χ3n) is 3.28. The molecule has 1 heterocycles. The number of nitrogens with zero attached hydrogens (tertiary/aromatic N) is 1. The molecule has 0 spiro atoms. The number of piperidine rings is 1. The summed E-state index contributed by atoms with van der Waals surface area (Å²) in [5.74, 6) is -2.66. The van der Waals surface area contributed by atoms with Gasteiger partial charge in [-0.3, -0.25) is 19.4 Å². The molecule has 1 rings (SSSR count). The van der Waals surface area contributed by atoms with Crippen molar-refractivity contribution in [2.75, 3.05) is 13.1 Å². The second-order valence-electron chi connectivity index (χ2n) is 5.86. The first-order valence-electron chi connectivity index (χ1n) is 8.47. The van der Waals surface area contributed by atoms with Crippen molar-refractivity contribution < 1.29 is 29.7 Å². The highest BCUT2D eigenvalue weighted by atomic mass is 16.4. The first-order valence-corrected chi connectivity index (χ1v) is 8.47. The van der Waals surface area contributed by atoms with Crippen LogP contribution in [0.3, 0.4) is 0 Å². The van der Waals surface area contributed by atoms with E-state index in [1.807, 2.05) is 0 Å². The summed E-state index contributed by atoms with van der Waals surface area (Å²) in [4.78, 5) is 33.8. The van der Waals surface area contributed by atoms with E-state index in [-0.39, 0.29) is 12.0 Å². The molecule has 12 nitrogen and oxygen atoms in total. The molecule has 0 aromatic heterocycles. The van der Waals surface area contributed by atoms with Crippen LogP contribution < -0.4 is 28.3 Å². The van der Waals surface area contributed by atoms with Crippen LogP contribution in [0.1, 0.15) is 39.0 Å². The smallest absolute Gasteiger partial charge is 0.320 e. The van der Waals surface area contributed by atoms with Crippen molar-refractivity contribution >= 4 is 23.9 Å². The Hall–Kier alpha value is -2.44. The average molecular weight is 392 g/mol. The van der Waals surface area contributed by atoms with Crippen LogP contribution in [0.25, 0.3) is 0 Å². The fourth-order valence-corrected chi connectivity index (χ4v) is 1.71. The van der Waals surface area contributed by atoms with Gasteiger partial charge in [-0.15, -0.1) is 0 Å². The van der Waals surface area contributed by atoms with E-state index in [0.717, 1.165) is 25.8 Å². The number of aliphatic carboxylic acids is 3. The van der Waals surface area contributed by atoms with Gasteiger partial charge in [0.15, 0.2) is 5.96 Å². The molecule has 1 aliphatic rings. The zero-order chi connectivity index (χ0) is 21.4. The molecular weight excluding hydrogens is 360 g/mol. The molecule has 1 aliphatic heterocycles. The molecule has 12 N–H and O–H groups in total. The molecule has 12 heteroatoms. The molecule has 0 aromatic carbocycles. The second kappa shape index (κ2) is 15.8. The minimum Gasteiger partial charge on any atom is -0.480 e. The summed E-state index contributed by atoms with van der Waals surface area (Å²) in [5, 5.41) is 27.6. The van der Waals surface area contributed by atoms with Crippen LogP contribution in [0.2, 0.25) is 0 Å². The summed E-state index contributed by atoms with van der Waals surface area (Å²) in [7, 11) is 0. The lowest BCUT2D eigenvalue weighted by Crippen LogP contribution is -2.40. The summed E-state index contributed by atoms with van der Waals surface area (Å²) >= 11 is 0. The van der Waals surface area contributed by atoms with Gasteiger partial charge in [-0.25, -0.2) is 0 Å². The molecule has 27 heavy (non-hydrogen) atoms. The van der Waals surface area contributed by atoms with E-state index in [2.05, 4.69) is 10.3 Å². The summed E-state index contributed by atoms with van der Waals surface area (Å²) in [6, 6.07) is -1.83. The molecule has 0 unspecified atom stereocenters. The van der Waals surface area contributed by atoms with Gasteiger partial charge in [0.25, 0.3) is 0 Å². The van der Waals surface area contributed by atoms with Gasteiger partial charge < -0.3 is 43.6 Å². The summed E-state index contributed by atoms with van der Waals surface area (Å²) < 4.78 is 0. The maximum absolute atomic E-state index is 10.3. The van der Waals surface area contributed by atoms with Gasteiger partial charge >= 0.3 is 17.9 Å². The number of hydrogen-bond acceptors (Lipinski definition) is 7. The normalized spacial score (nSPS) is 17.7. The SMILES string of the molecule is C[C@H](N)C(=O)O.NC(N)=NCCC[C@H](N)C(=O)O.O=C(O)[C@@H]1CCCCN1. The lowest BCUT2D eigenvalue weighted by molar-refractivity contribution is -0.140. The molecule has 3 atom stereocenters. The van der Waals surface area contributed by atoms with Gasteiger partial charge in [0, 0.05) is 6.54 Å². The Morgan fingerprint density at radius 1 is 1.11 bits per heavy atom. The molecule has 158 valence electrons. The van der Waals surface area contributed by atoms with Crippen LogP contribution in [-0.2, 0) is 14.4 Å².